The average Bonchev–Trinajstić information content (AvgIpc) is 2.36. The standard InChI is InChI=1S/C12H6BrF9O/c1-5-4-6(13)2-3-7(5)8(23)9(14,15)10(16,17)11(18,19)12(20,21)22/h2-4H,1H3. The maximum Gasteiger partial charge on any atom is 0.460 e. The third kappa shape index (κ3) is 3.07. The molecule has 0 aromatic heterocycles. The van der Waals surface area contributed by atoms with Crippen molar-refractivity contribution < 1.29 is 44.3 Å². The van der Waals surface area contributed by atoms with E-state index in [9.17, 15) is 44.3 Å². The predicted molar refractivity (Wildman–Crippen MR) is 64.1 cm³/mol. The van der Waals surface area contributed by atoms with Gasteiger partial charge < -0.3 is 0 Å². The summed E-state index contributed by atoms with van der Waals surface area (Å²) in [5.41, 5.74) is -1.41. The summed E-state index contributed by atoms with van der Waals surface area (Å²) in [6.07, 6.45) is -6.96. The molecule has 1 aromatic carbocycles. The van der Waals surface area contributed by atoms with Gasteiger partial charge >= 0.3 is 23.9 Å². The molecule has 0 aliphatic heterocycles. The molecule has 0 fully saturated rings. The number of carbonyl (C=O) groups excluding carboxylic acids is 1. The van der Waals surface area contributed by atoms with Crippen LogP contribution in [0.2, 0.25) is 0 Å². The zero-order valence-electron chi connectivity index (χ0n) is 10.9. The van der Waals surface area contributed by atoms with Crippen molar-refractivity contribution in [2.45, 2.75) is 30.9 Å². The van der Waals surface area contributed by atoms with Gasteiger partial charge in [-0.3, -0.25) is 4.79 Å². The van der Waals surface area contributed by atoms with E-state index in [1.54, 1.807) is 0 Å². The Labute approximate surface area is 131 Å². The molecule has 23 heavy (non-hydrogen) atoms. The highest BCUT2D eigenvalue weighted by Gasteiger charge is 2.83. The molecule has 0 amide bonds. The highest BCUT2D eigenvalue weighted by atomic mass is 79.9. The van der Waals surface area contributed by atoms with Crippen LogP contribution in [0.5, 0.6) is 0 Å². The van der Waals surface area contributed by atoms with Gasteiger partial charge in [-0.05, 0) is 30.7 Å². The minimum atomic E-state index is -7.09. The Bertz CT molecular complexity index is 621. The van der Waals surface area contributed by atoms with Crippen molar-refractivity contribution in [2.75, 3.05) is 0 Å². The van der Waals surface area contributed by atoms with Crippen LogP contribution in [-0.2, 0) is 0 Å². The van der Waals surface area contributed by atoms with E-state index in [2.05, 4.69) is 15.9 Å². The lowest BCUT2D eigenvalue weighted by Gasteiger charge is -2.32. The molecule has 0 aliphatic rings. The summed E-state index contributed by atoms with van der Waals surface area (Å²) < 4.78 is 115. The largest absolute Gasteiger partial charge is 0.460 e. The van der Waals surface area contributed by atoms with E-state index in [4.69, 9.17) is 0 Å². The van der Waals surface area contributed by atoms with Crippen molar-refractivity contribution in [3.63, 3.8) is 0 Å². The van der Waals surface area contributed by atoms with E-state index in [1.165, 1.54) is 0 Å². The van der Waals surface area contributed by atoms with Gasteiger partial charge in [-0.1, -0.05) is 15.9 Å². The molecular formula is C12H6BrF9O. The summed E-state index contributed by atoms with van der Waals surface area (Å²) in [5, 5.41) is 0. The molecule has 0 N–H and O–H groups in total. The zero-order chi connectivity index (χ0) is 18.4. The monoisotopic (exact) mass is 416 g/mol. The fraction of sp³-hybridized carbons (Fsp3) is 0.417. The molecular weight excluding hydrogens is 411 g/mol. The highest BCUT2D eigenvalue weighted by Crippen LogP contribution is 2.53. The van der Waals surface area contributed by atoms with Gasteiger partial charge in [0.15, 0.2) is 0 Å². The molecule has 1 rings (SSSR count). The SMILES string of the molecule is Cc1cc(Br)ccc1C(=O)C(F)(F)C(F)(F)C(F)(F)C(F)(F)F. The van der Waals surface area contributed by atoms with Gasteiger partial charge in [0.25, 0.3) is 0 Å². The smallest absolute Gasteiger partial charge is 0.287 e. The highest BCUT2D eigenvalue weighted by molar-refractivity contribution is 9.10. The van der Waals surface area contributed by atoms with Gasteiger partial charge in [-0.15, -0.1) is 0 Å². The Morgan fingerprint density at radius 2 is 1.39 bits per heavy atom. The third-order valence-electron chi connectivity index (χ3n) is 2.86. The Morgan fingerprint density at radius 1 is 0.913 bits per heavy atom. The molecule has 0 aliphatic carbocycles. The Hall–Kier alpha value is -1.26. The third-order valence-corrected chi connectivity index (χ3v) is 3.36. The first-order valence-corrected chi connectivity index (χ1v) is 6.37. The Balaban J connectivity index is 3.42. The number of carbonyl (C=O) groups is 1. The van der Waals surface area contributed by atoms with E-state index in [1.807, 2.05) is 0 Å². The van der Waals surface area contributed by atoms with Gasteiger partial charge in [0.1, 0.15) is 0 Å². The van der Waals surface area contributed by atoms with Crippen LogP contribution in [0.1, 0.15) is 15.9 Å². The van der Waals surface area contributed by atoms with Crippen LogP contribution in [0.4, 0.5) is 39.5 Å². The number of hydrogen-bond acceptors (Lipinski definition) is 1. The average molecular weight is 417 g/mol. The van der Waals surface area contributed by atoms with Gasteiger partial charge in [0, 0.05) is 10.0 Å². The van der Waals surface area contributed by atoms with E-state index in [-0.39, 0.29) is 10.0 Å². The summed E-state index contributed by atoms with van der Waals surface area (Å²) >= 11 is 2.88. The molecule has 0 bridgehead atoms. The first-order chi connectivity index (χ1) is 10.1. The van der Waals surface area contributed by atoms with Crippen LogP contribution in [0.3, 0.4) is 0 Å². The summed E-state index contributed by atoms with van der Waals surface area (Å²) in [5.74, 6) is -23.2. The number of ketones is 1. The molecule has 130 valence electrons. The molecule has 11 heteroatoms. The van der Waals surface area contributed by atoms with Crippen molar-refractivity contribution in [2.24, 2.45) is 0 Å². The first-order valence-electron chi connectivity index (χ1n) is 5.58. The number of alkyl halides is 9. The number of benzene rings is 1. The van der Waals surface area contributed by atoms with E-state index >= 15 is 0 Å². The Morgan fingerprint density at radius 3 is 1.78 bits per heavy atom. The zero-order valence-corrected chi connectivity index (χ0v) is 12.5. The van der Waals surface area contributed by atoms with Crippen LogP contribution < -0.4 is 0 Å². The summed E-state index contributed by atoms with van der Waals surface area (Å²) in [7, 11) is 0. The molecule has 0 saturated carbocycles. The van der Waals surface area contributed by atoms with Crippen molar-refractivity contribution in [1.82, 2.24) is 0 Å². The van der Waals surface area contributed by atoms with Gasteiger partial charge in [0.05, 0.1) is 0 Å². The van der Waals surface area contributed by atoms with Crippen LogP contribution in [0.25, 0.3) is 0 Å². The number of Topliss-reactive ketones (excluding diaryl/α,β-unsaturated/α-hetero) is 1. The van der Waals surface area contributed by atoms with Crippen LogP contribution in [0, 0.1) is 6.92 Å². The molecule has 0 heterocycles. The van der Waals surface area contributed by atoms with Crippen LogP contribution >= 0.6 is 15.9 Å². The first kappa shape index (κ1) is 19.8. The molecule has 0 radical (unpaired) electrons. The molecule has 1 nitrogen and oxygen atoms in total. The topological polar surface area (TPSA) is 17.1 Å². The van der Waals surface area contributed by atoms with E-state index in [0.29, 0.717) is 6.07 Å². The number of aryl methyl sites for hydroxylation is 1. The molecule has 0 unspecified atom stereocenters. The second-order valence-electron chi connectivity index (χ2n) is 4.51. The van der Waals surface area contributed by atoms with Gasteiger partial charge in [-0.25, -0.2) is 0 Å². The van der Waals surface area contributed by atoms with Crippen LogP contribution in [0.15, 0.2) is 22.7 Å². The van der Waals surface area contributed by atoms with Gasteiger partial charge in [0.2, 0.25) is 5.78 Å². The normalized spacial score (nSPS) is 14.0. The van der Waals surface area contributed by atoms with Gasteiger partial charge in [-0.2, -0.15) is 39.5 Å². The summed E-state index contributed by atoms with van der Waals surface area (Å²) in [6, 6.07) is 2.61. The quantitative estimate of drug-likeness (QED) is 0.473. The molecule has 1 aromatic rings. The fourth-order valence-corrected chi connectivity index (χ4v) is 2.04. The van der Waals surface area contributed by atoms with E-state index < -0.39 is 35.3 Å². The molecule has 0 saturated heterocycles. The lowest BCUT2D eigenvalue weighted by molar-refractivity contribution is -0.386. The van der Waals surface area contributed by atoms with Crippen molar-refractivity contribution in [1.29, 1.82) is 0 Å². The second-order valence-corrected chi connectivity index (χ2v) is 5.42. The maximum atomic E-state index is 13.5. The van der Waals surface area contributed by atoms with E-state index in [0.717, 1.165) is 19.1 Å². The summed E-state index contributed by atoms with van der Waals surface area (Å²) in [4.78, 5) is 11.5. The number of halogens is 10. The van der Waals surface area contributed by atoms with Crippen molar-refractivity contribution in [3.8, 4) is 0 Å². The van der Waals surface area contributed by atoms with Crippen molar-refractivity contribution >= 4 is 21.7 Å². The van der Waals surface area contributed by atoms with Crippen LogP contribution in [-0.4, -0.2) is 29.7 Å². The molecule has 0 spiro atoms. The van der Waals surface area contributed by atoms with Crippen molar-refractivity contribution in [3.05, 3.63) is 33.8 Å². The summed E-state index contributed by atoms with van der Waals surface area (Å²) in [6.45, 7) is 1.02. The fourth-order valence-electron chi connectivity index (χ4n) is 1.57. The molecule has 0 atom stereocenters. The predicted octanol–water partition coefficient (Wildman–Crippen LogP) is 5.41. The lowest BCUT2D eigenvalue weighted by Crippen LogP contribution is -2.63. The minimum absolute atomic E-state index is 0.252. The number of hydrogen-bond donors (Lipinski definition) is 0. The Kier molecular flexibility index (Phi) is 4.88. The number of rotatable bonds is 4. The lowest BCUT2D eigenvalue weighted by atomic mass is 9.93. The maximum absolute atomic E-state index is 13.5. The minimum Gasteiger partial charge on any atom is -0.287 e. The second kappa shape index (κ2) is 5.67.